The van der Waals surface area contributed by atoms with Gasteiger partial charge in [-0.3, -0.25) is 14.9 Å². The summed E-state index contributed by atoms with van der Waals surface area (Å²) >= 11 is 1.22. The van der Waals surface area contributed by atoms with Crippen LogP contribution in [-0.4, -0.2) is 22.7 Å². The molecule has 1 aliphatic rings. The van der Waals surface area contributed by atoms with Gasteiger partial charge in [0.25, 0.3) is 5.91 Å². The number of benzene rings is 2. The van der Waals surface area contributed by atoms with Crippen LogP contribution in [0.4, 0.5) is 21.3 Å². The molecule has 0 bridgehead atoms. The first kappa shape index (κ1) is 20.7. The largest absolute Gasteiger partial charge is 0.323 e. The van der Waals surface area contributed by atoms with Crippen LogP contribution in [0.2, 0.25) is 0 Å². The Bertz CT molecular complexity index is 1140. The van der Waals surface area contributed by atoms with Gasteiger partial charge in [-0.1, -0.05) is 43.4 Å². The van der Waals surface area contributed by atoms with Crippen LogP contribution in [0.25, 0.3) is 0 Å². The van der Waals surface area contributed by atoms with Gasteiger partial charge in [0.2, 0.25) is 0 Å². The van der Waals surface area contributed by atoms with Gasteiger partial charge in [0, 0.05) is 23.4 Å². The van der Waals surface area contributed by atoms with Gasteiger partial charge >= 0.3 is 6.03 Å². The second kappa shape index (κ2) is 8.31. The molecular formula is C23H22N4O3S. The van der Waals surface area contributed by atoms with Crippen LogP contribution < -0.4 is 16.0 Å². The average Bonchev–Trinajstić information content (AvgIpc) is 3.10. The first-order chi connectivity index (χ1) is 14.8. The minimum Gasteiger partial charge on any atom is -0.308 e. The van der Waals surface area contributed by atoms with E-state index in [4.69, 9.17) is 0 Å². The van der Waals surface area contributed by atoms with Crippen LogP contribution in [0.1, 0.15) is 46.0 Å². The van der Waals surface area contributed by atoms with E-state index in [-0.39, 0.29) is 23.1 Å². The third kappa shape index (κ3) is 4.97. The second-order valence-corrected chi connectivity index (χ2v) is 9.21. The molecule has 0 aliphatic heterocycles. The molecule has 3 amide bonds. The van der Waals surface area contributed by atoms with Crippen LogP contribution in [0.5, 0.6) is 0 Å². The lowest BCUT2D eigenvalue weighted by molar-refractivity contribution is 0.0915. The Hall–Kier alpha value is -3.52. The van der Waals surface area contributed by atoms with Crippen LogP contribution in [0.15, 0.2) is 54.6 Å². The van der Waals surface area contributed by atoms with Gasteiger partial charge in [0.1, 0.15) is 0 Å². The number of ketones is 1. The summed E-state index contributed by atoms with van der Waals surface area (Å²) in [5, 5.41) is 8.65. The zero-order valence-electron chi connectivity index (χ0n) is 17.2. The number of amides is 3. The van der Waals surface area contributed by atoms with Crippen molar-refractivity contribution in [3.63, 3.8) is 0 Å². The molecule has 8 heteroatoms. The Morgan fingerprint density at radius 3 is 2.23 bits per heavy atom. The molecular weight excluding hydrogens is 412 g/mol. The van der Waals surface area contributed by atoms with E-state index in [2.05, 4.69) is 20.9 Å². The molecule has 0 fully saturated rings. The number of thiazole rings is 1. The first-order valence-electron chi connectivity index (χ1n) is 9.86. The van der Waals surface area contributed by atoms with Crippen LogP contribution in [0.3, 0.4) is 0 Å². The Morgan fingerprint density at radius 1 is 0.903 bits per heavy atom. The van der Waals surface area contributed by atoms with E-state index < -0.39 is 0 Å². The molecule has 0 saturated carbocycles. The summed E-state index contributed by atoms with van der Waals surface area (Å²) in [7, 11) is 0. The van der Waals surface area contributed by atoms with Crippen molar-refractivity contribution in [2.45, 2.75) is 26.7 Å². The number of Topliss-reactive ketones (excluding diaryl/α,β-unsaturated/α-hetero) is 1. The molecule has 0 saturated heterocycles. The summed E-state index contributed by atoms with van der Waals surface area (Å²) in [6, 6.07) is 15.3. The minimum absolute atomic E-state index is 0.0773. The van der Waals surface area contributed by atoms with E-state index in [0.29, 0.717) is 39.8 Å². The summed E-state index contributed by atoms with van der Waals surface area (Å²) < 4.78 is 0. The third-order valence-electron chi connectivity index (χ3n) is 4.89. The number of aromatic nitrogens is 1. The molecule has 1 aromatic heterocycles. The molecule has 31 heavy (non-hydrogen) atoms. The lowest BCUT2D eigenvalue weighted by Gasteiger charge is -2.26. The van der Waals surface area contributed by atoms with Gasteiger partial charge in [0.15, 0.2) is 10.9 Å². The summed E-state index contributed by atoms with van der Waals surface area (Å²) in [6.07, 6.45) is 1.20. The summed E-state index contributed by atoms with van der Waals surface area (Å²) in [6.45, 7) is 4.09. The zero-order valence-corrected chi connectivity index (χ0v) is 18.0. The highest BCUT2D eigenvalue weighted by Gasteiger charge is 2.34. The number of hydrogen-bond acceptors (Lipinski definition) is 5. The van der Waals surface area contributed by atoms with Gasteiger partial charge < -0.3 is 10.6 Å². The maximum Gasteiger partial charge on any atom is 0.323 e. The summed E-state index contributed by atoms with van der Waals surface area (Å²) in [4.78, 5) is 42.1. The first-order valence-corrected chi connectivity index (χ1v) is 10.7. The normalized spacial score (nSPS) is 14.5. The molecule has 158 valence electrons. The van der Waals surface area contributed by atoms with Crippen molar-refractivity contribution in [3.05, 3.63) is 70.7 Å². The van der Waals surface area contributed by atoms with Crippen molar-refractivity contribution in [2.75, 3.05) is 16.0 Å². The predicted octanol–water partition coefficient (Wildman–Crippen LogP) is 5.19. The highest BCUT2D eigenvalue weighted by molar-refractivity contribution is 7.17. The van der Waals surface area contributed by atoms with Crippen LogP contribution >= 0.6 is 11.3 Å². The fraction of sp³-hybridized carbons (Fsp3) is 0.217. The fourth-order valence-corrected chi connectivity index (χ4v) is 4.38. The molecule has 1 heterocycles. The number of rotatable bonds is 4. The van der Waals surface area contributed by atoms with Crippen LogP contribution in [-0.2, 0) is 6.42 Å². The van der Waals surface area contributed by atoms with Crippen molar-refractivity contribution in [3.8, 4) is 0 Å². The average molecular weight is 435 g/mol. The lowest BCUT2D eigenvalue weighted by atomic mass is 9.78. The van der Waals surface area contributed by atoms with Crippen molar-refractivity contribution in [2.24, 2.45) is 5.41 Å². The Morgan fingerprint density at radius 2 is 1.55 bits per heavy atom. The maximum atomic E-state index is 12.6. The number of nitrogens with one attached hydrogen (secondary N) is 3. The molecule has 0 radical (unpaired) electrons. The van der Waals surface area contributed by atoms with E-state index in [9.17, 15) is 14.4 Å². The highest BCUT2D eigenvalue weighted by atomic mass is 32.1. The molecule has 0 unspecified atom stereocenters. The van der Waals surface area contributed by atoms with Gasteiger partial charge in [-0.25, -0.2) is 9.78 Å². The van der Waals surface area contributed by atoms with Crippen molar-refractivity contribution in [1.82, 2.24) is 4.98 Å². The minimum atomic E-state index is -0.371. The van der Waals surface area contributed by atoms with E-state index in [1.807, 2.05) is 32.0 Å². The number of nitrogens with zero attached hydrogens (tertiary/aromatic N) is 1. The number of anilines is 3. The number of fused-ring (bicyclic) bond motifs is 1. The van der Waals surface area contributed by atoms with E-state index >= 15 is 0 Å². The standard InChI is InChI=1S/C23H22N4O3S/c1-23(2)12-17-19(18(28)13-23)31-22(26-17)27-20(29)14-8-10-16(11-9-14)25-21(30)24-15-6-4-3-5-7-15/h3-11H,12-13H2,1-2H3,(H2,24,25,30)(H,26,27,29). The number of hydrogen-bond donors (Lipinski definition) is 3. The molecule has 3 N–H and O–H groups in total. The number of carbonyl (C=O) groups is 3. The van der Waals surface area contributed by atoms with Gasteiger partial charge in [-0.2, -0.15) is 0 Å². The monoisotopic (exact) mass is 434 g/mol. The molecule has 0 atom stereocenters. The van der Waals surface area contributed by atoms with Crippen LogP contribution in [0, 0.1) is 5.41 Å². The molecule has 4 rings (SSSR count). The van der Waals surface area contributed by atoms with Crippen molar-refractivity contribution >= 4 is 45.6 Å². The Kier molecular flexibility index (Phi) is 5.56. The quantitative estimate of drug-likeness (QED) is 0.526. The van der Waals surface area contributed by atoms with Crippen molar-refractivity contribution in [1.29, 1.82) is 0 Å². The topological polar surface area (TPSA) is 100 Å². The van der Waals surface area contributed by atoms with Gasteiger partial charge in [0.05, 0.1) is 10.6 Å². The van der Waals surface area contributed by atoms with E-state index in [1.54, 1.807) is 36.4 Å². The smallest absolute Gasteiger partial charge is 0.308 e. The van der Waals surface area contributed by atoms with Gasteiger partial charge in [-0.15, -0.1) is 0 Å². The number of carbonyl (C=O) groups excluding carboxylic acids is 3. The third-order valence-corrected chi connectivity index (χ3v) is 5.95. The molecule has 2 aromatic carbocycles. The van der Waals surface area contributed by atoms with E-state index in [0.717, 1.165) is 5.69 Å². The fourth-order valence-electron chi connectivity index (χ4n) is 3.46. The maximum absolute atomic E-state index is 12.6. The zero-order chi connectivity index (χ0) is 22.0. The molecule has 3 aromatic rings. The summed E-state index contributed by atoms with van der Waals surface area (Å²) in [5.74, 6) is -0.244. The molecule has 7 nitrogen and oxygen atoms in total. The number of urea groups is 1. The SMILES string of the molecule is CC1(C)CC(=O)c2sc(NC(=O)c3ccc(NC(=O)Nc4ccccc4)cc3)nc2C1. The Balaban J connectivity index is 1.38. The predicted molar refractivity (Wildman–Crippen MR) is 122 cm³/mol. The summed E-state index contributed by atoms with van der Waals surface area (Å²) in [5.41, 5.74) is 2.31. The van der Waals surface area contributed by atoms with Crippen molar-refractivity contribution < 1.29 is 14.4 Å². The molecule has 1 aliphatic carbocycles. The second-order valence-electron chi connectivity index (χ2n) is 8.21. The lowest BCUT2D eigenvalue weighted by Crippen LogP contribution is -2.26. The highest BCUT2D eigenvalue weighted by Crippen LogP contribution is 2.38. The molecule has 0 spiro atoms. The van der Waals surface area contributed by atoms with E-state index in [1.165, 1.54) is 11.3 Å². The van der Waals surface area contributed by atoms with Gasteiger partial charge in [-0.05, 0) is 48.2 Å². The Labute approximate surface area is 183 Å². The number of para-hydroxylation sites is 1.